The van der Waals surface area contributed by atoms with Crippen LogP contribution in [0.25, 0.3) is 0 Å². The molecule has 0 amide bonds. The van der Waals surface area contributed by atoms with E-state index in [4.69, 9.17) is 0 Å². The van der Waals surface area contributed by atoms with E-state index in [1.165, 1.54) is 0 Å². The molecule has 2 atom stereocenters. The van der Waals surface area contributed by atoms with E-state index in [1.807, 2.05) is 11.8 Å². The average Bonchev–Trinajstić information content (AvgIpc) is 2.11. The van der Waals surface area contributed by atoms with E-state index in [0.29, 0.717) is 5.92 Å². The van der Waals surface area contributed by atoms with E-state index in [-0.39, 0.29) is 64.0 Å². The van der Waals surface area contributed by atoms with E-state index in [0.717, 1.165) is 19.4 Å². The van der Waals surface area contributed by atoms with Gasteiger partial charge in [-0.2, -0.15) is 0 Å². The van der Waals surface area contributed by atoms with Gasteiger partial charge < -0.3 is 12.9 Å². The molecule has 88 valence electrons. The van der Waals surface area contributed by atoms with Crippen LogP contribution in [0.2, 0.25) is 0 Å². The van der Waals surface area contributed by atoms with Crippen LogP contribution in [0.15, 0.2) is 12.1 Å². The first-order chi connectivity index (χ1) is 6.82. The summed E-state index contributed by atoms with van der Waals surface area (Å²) in [5.74, 6) is 0.479. The second kappa shape index (κ2) is 6.95. The average molecular weight is 259 g/mol. The van der Waals surface area contributed by atoms with Gasteiger partial charge in [0.2, 0.25) is 0 Å². The van der Waals surface area contributed by atoms with Crippen molar-refractivity contribution >= 4 is 6.98 Å². The van der Waals surface area contributed by atoms with Crippen molar-refractivity contribution in [3.05, 3.63) is 12.1 Å². The predicted molar refractivity (Wildman–Crippen MR) is 57.7 cm³/mol. The molecule has 0 aromatic rings. The van der Waals surface area contributed by atoms with Gasteiger partial charge >= 0.3 is 58.4 Å². The summed E-state index contributed by atoms with van der Waals surface area (Å²) in [4.78, 5) is 1.89. The maximum atomic E-state index is 12.4. The van der Waals surface area contributed by atoms with Crippen LogP contribution in [0.4, 0.5) is 12.9 Å². The van der Waals surface area contributed by atoms with Gasteiger partial charge in [0.25, 0.3) is 0 Å². The zero-order valence-electron chi connectivity index (χ0n) is 10.3. The standard InChI is InChI=1S/C10H18BF3N.K/c1-8-5-4-6-15(10(8)3)7-9(2)11(12,13)14;/h8,10H,2,4-7H2,1,3H3;/q-1;+1. The van der Waals surface area contributed by atoms with Crippen molar-refractivity contribution in [1.29, 1.82) is 0 Å². The smallest absolute Gasteiger partial charge is 0.445 e. The molecule has 0 saturated carbocycles. The van der Waals surface area contributed by atoms with Gasteiger partial charge in [0.05, 0.1) is 0 Å². The first-order valence-electron chi connectivity index (χ1n) is 5.44. The number of halogens is 3. The molecule has 16 heavy (non-hydrogen) atoms. The maximum Gasteiger partial charge on any atom is 1.00 e. The van der Waals surface area contributed by atoms with E-state index in [1.54, 1.807) is 0 Å². The van der Waals surface area contributed by atoms with Crippen molar-refractivity contribution in [3.8, 4) is 0 Å². The Labute approximate surface area is 138 Å². The molecule has 0 N–H and O–H groups in total. The molecule has 6 heteroatoms. The molecule has 1 fully saturated rings. The van der Waals surface area contributed by atoms with Crippen LogP contribution in [-0.4, -0.2) is 31.0 Å². The summed E-state index contributed by atoms with van der Waals surface area (Å²) in [5, 5.41) is 0. The molecule has 0 spiro atoms. The molecule has 1 aliphatic heterocycles. The van der Waals surface area contributed by atoms with Crippen LogP contribution in [0, 0.1) is 5.92 Å². The van der Waals surface area contributed by atoms with Crippen molar-refractivity contribution in [2.75, 3.05) is 13.1 Å². The van der Waals surface area contributed by atoms with Crippen molar-refractivity contribution in [2.24, 2.45) is 5.92 Å². The largest absolute Gasteiger partial charge is 1.00 e. The molecule has 1 heterocycles. The molecule has 2 unspecified atom stereocenters. The number of piperidine rings is 1. The first-order valence-corrected chi connectivity index (χ1v) is 5.44. The van der Waals surface area contributed by atoms with Gasteiger partial charge in [-0.25, -0.2) is 0 Å². The van der Waals surface area contributed by atoms with E-state index in [9.17, 15) is 12.9 Å². The van der Waals surface area contributed by atoms with Gasteiger partial charge in [0, 0.05) is 6.04 Å². The minimum absolute atomic E-state index is 0. The Morgan fingerprint density at radius 2 is 1.94 bits per heavy atom. The Morgan fingerprint density at radius 1 is 1.38 bits per heavy atom. The molecule has 1 aliphatic rings. The third-order valence-corrected chi connectivity index (χ3v) is 3.37. The van der Waals surface area contributed by atoms with Gasteiger partial charge in [-0.05, 0) is 38.8 Å². The van der Waals surface area contributed by atoms with E-state index < -0.39 is 12.4 Å². The molecule has 1 saturated heterocycles. The molecule has 0 aliphatic carbocycles. The number of nitrogens with zero attached hydrogens (tertiary/aromatic N) is 1. The number of hydrogen-bond donors (Lipinski definition) is 0. The Bertz CT molecular complexity index is 245. The normalized spacial score (nSPS) is 27.3. The number of hydrogen-bond acceptors (Lipinski definition) is 1. The topological polar surface area (TPSA) is 3.24 Å². The van der Waals surface area contributed by atoms with Gasteiger partial charge in [0.1, 0.15) is 0 Å². The fourth-order valence-electron chi connectivity index (χ4n) is 2.01. The summed E-state index contributed by atoms with van der Waals surface area (Å²) >= 11 is 0. The van der Waals surface area contributed by atoms with Gasteiger partial charge in [-0.3, -0.25) is 4.90 Å². The van der Waals surface area contributed by atoms with Crippen LogP contribution in [-0.2, 0) is 0 Å². The summed E-state index contributed by atoms with van der Waals surface area (Å²) in [5.41, 5.74) is -0.573. The van der Waals surface area contributed by atoms with Gasteiger partial charge in [0.15, 0.2) is 0 Å². The van der Waals surface area contributed by atoms with Crippen LogP contribution in [0.5, 0.6) is 0 Å². The van der Waals surface area contributed by atoms with E-state index in [2.05, 4.69) is 13.5 Å². The van der Waals surface area contributed by atoms with Crippen LogP contribution < -0.4 is 51.4 Å². The van der Waals surface area contributed by atoms with Gasteiger partial charge in [-0.1, -0.05) is 6.92 Å². The molecule has 0 aromatic heterocycles. The third kappa shape index (κ3) is 4.82. The molecule has 0 bridgehead atoms. The van der Waals surface area contributed by atoms with Crippen molar-refractivity contribution in [2.45, 2.75) is 32.7 Å². The molecule has 1 nitrogen and oxygen atoms in total. The molecule has 1 rings (SSSR count). The molecule has 0 radical (unpaired) electrons. The second-order valence-corrected chi connectivity index (χ2v) is 4.56. The summed E-state index contributed by atoms with van der Waals surface area (Å²) in [6.07, 6.45) is 2.10. The van der Waals surface area contributed by atoms with E-state index >= 15 is 0 Å². The molecular formula is C10H18BF3KN. The van der Waals surface area contributed by atoms with Crippen LogP contribution >= 0.6 is 0 Å². The monoisotopic (exact) mass is 259 g/mol. The fourth-order valence-corrected chi connectivity index (χ4v) is 2.01. The maximum absolute atomic E-state index is 12.4. The zero-order chi connectivity index (χ0) is 11.6. The number of likely N-dealkylation sites (tertiary alicyclic amines) is 1. The third-order valence-electron chi connectivity index (χ3n) is 3.37. The summed E-state index contributed by atoms with van der Waals surface area (Å²) < 4.78 is 37.1. The van der Waals surface area contributed by atoms with Crippen molar-refractivity contribution < 1.29 is 64.3 Å². The van der Waals surface area contributed by atoms with Crippen molar-refractivity contribution in [3.63, 3.8) is 0 Å². The minimum atomic E-state index is -4.87. The second-order valence-electron chi connectivity index (χ2n) is 4.56. The quantitative estimate of drug-likeness (QED) is 0.648. The minimum Gasteiger partial charge on any atom is -0.445 e. The van der Waals surface area contributed by atoms with Crippen molar-refractivity contribution in [1.82, 2.24) is 4.90 Å². The van der Waals surface area contributed by atoms with Gasteiger partial charge in [-0.15, -0.1) is 12.1 Å². The predicted octanol–water partition coefficient (Wildman–Crippen LogP) is 0.0536. The number of rotatable bonds is 3. The summed E-state index contributed by atoms with van der Waals surface area (Å²) in [6, 6.07) is 0.230. The fraction of sp³-hybridized carbons (Fsp3) is 0.800. The van der Waals surface area contributed by atoms with Crippen LogP contribution in [0.3, 0.4) is 0 Å². The summed E-state index contributed by atoms with van der Waals surface area (Å²) in [7, 11) is 0. The molecular weight excluding hydrogens is 241 g/mol. The zero-order valence-corrected chi connectivity index (χ0v) is 13.5. The Kier molecular flexibility index (Phi) is 7.46. The Balaban J connectivity index is 0.00000225. The summed E-state index contributed by atoms with van der Waals surface area (Å²) in [6.45, 7) is 3.11. The Hall–Kier alpha value is 1.19. The Morgan fingerprint density at radius 3 is 2.44 bits per heavy atom. The first kappa shape index (κ1) is 17.2. The van der Waals surface area contributed by atoms with Crippen LogP contribution in [0.1, 0.15) is 26.7 Å². The molecule has 0 aromatic carbocycles. The SMILES string of the molecule is C=C(CN1CCCC(C)C1C)[B-](F)(F)F.[K+].